The van der Waals surface area contributed by atoms with Crippen molar-refractivity contribution < 1.29 is 4.74 Å². The molecule has 3 nitrogen and oxygen atoms in total. The molecule has 3 heteroatoms. The van der Waals surface area contributed by atoms with E-state index in [0.29, 0.717) is 12.0 Å². The smallest absolute Gasteiger partial charge is 0.118 e. The Labute approximate surface area is 129 Å². The van der Waals surface area contributed by atoms with Crippen LogP contribution in [0, 0.1) is 5.92 Å². The molecule has 0 aliphatic carbocycles. The third-order valence-corrected chi connectivity index (χ3v) is 4.38. The quantitative estimate of drug-likeness (QED) is 0.871. The maximum Gasteiger partial charge on any atom is 0.118 e. The lowest BCUT2D eigenvalue weighted by Gasteiger charge is -2.36. The van der Waals surface area contributed by atoms with Crippen molar-refractivity contribution in [3.05, 3.63) is 29.8 Å². The number of hydrogen-bond donors (Lipinski definition) is 1. The van der Waals surface area contributed by atoms with Crippen LogP contribution in [0.25, 0.3) is 0 Å². The van der Waals surface area contributed by atoms with E-state index < -0.39 is 0 Å². The van der Waals surface area contributed by atoms with Crippen LogP contribution in [0.15, 0.2) is 24.3 Å². The summed E-state index contributed by atoms with van der Waals surface area (Å²) < 4.78 is 5.25. The van der Waals surface area contributed by atoms with E-state index in [1.807, 2.05) is 0 Å². The predicted octanol–water partition coefficient (Wildman–Crippen LogP) is 3.12. The van der Waals surface area contributed by atoms with Gasteiger partial charge in [0.05, 0.1) is 7.11 Å². The van der Waals surface area contributed by atoms with Gasteiger partial charge in [0.1, 0.15) is 5.75 Å². The average molecular weight is 290 g/mol. The molecule has 1 heterocycles. The van der Waals surface area contributed by atoms with Crippen LogP contribution >= 0.6 is 0 Å². The van der Waals surface area contributed by atoms with Crippen molar-refractivity contribution in [1.82, 2.24) is 10.2 Å². The van der Waals surface area contributed by atoms with Crippen LogP contribution in [0.1, 0.15) is 38.2 Å². The second-order valence-electron chi connectivity index (χ2n) is 6.76. The van der Waals surface area contributed by atoms with Crippen molar-refractivity contribution in [3.8, 4) is 5.75 Å². The van der Waals surface area contributed by atoms with Crippen molar-refractivity contribution in [2.24, 2.45) is 5.92 Å². The van der Waals surface area contributed by atoms with E-state index in [4.69, 9.17) is 4.74 Å². The molecule has 0 spiro atoms. The largest absolute Gasteiger partial charge is 0.497 e. The molecule has 2 unspecified atom stereocenters. The Morgan fingerprint density at radius 2 is 1.95 bits per heavy atom. The van der Waals surface area contributed by atoms with Gasteiger partial charge in [-0.15, -0.1) is 0 Å². The highest BCUT2D eigenvalue weighted by Crippen LogP contribution is 2.27. The lowest BCUT2D eigenvalue weighted by Crippen LogP contribution is -2.47. The van der Waals surface area contributed by atoms with Gasteiger partial charge in [0.2, 0.25) is 0 Å². The highest BCUT2D eigenvalue weighted by Gasteiger charge is 2.25. The first-order chi connectivity index (χ1) is 10.1. The fraction of sp³-hybridized carbons (Fsp3) is 0.667. The van der Waals surface area contributed by atoms with E-state index in [2.05, 4.69) is 55.4 Å². The second-order valence-corrected chi connectivity index (χ2v) is 6.76. The summed E-state index contributed by atoms with van der Waals surface area (Å²) in [5, 5.41) is 3.74. The van der Waals surface area contributed by atoms with Gasteiger partial charge in [-0.2, -0.15) is 0 Å². The first-order valence-corrected chi connectivity index (χ1v) is 8.14. The minimum atomic E-state index is 0.606. The molecule has 1 fully saturated rings. The van der Waals surface area contributed by atoms with Gasteiger partial charge in [-0.05, 0) is 56.0 Å². The fourth-order valence-electron chi connectivity index (χ4n) is 3.16. The number of piperidine rings is 1. The number of likely N-dealkylation sites (tertiary alicyclic amines) is 1. The molecule has 0 saturated carbocycles. The topological polar surface area (TPSA) is 24.5 Å². The van der Waals surface area contributed by atoms with Crippen LogP contribution in [-0.2, 0) is 0 Å². The summed E-state index contributed by atoms with van der Waals surface area (Å²) in [4.78, 5) is 2.45. The first kappa shape index (κ1) is 16.3. The van der Waals surface area contributed by atoms with Gasteiger partial charge in [-0.1, -0.05) is 26.0 Å². The van der Waals surface area contributed by atoms with Gasteiger partial charge >= 0.3 is 0 Å². The zero-order chi connectivity index (χ0) is 15.2. The normalized spacial score (nSPS) is 23.5. The highest BCUT2D eigenvalue weighted by molar-refractivity contribution is 5.30. The van der Waals surface area contributed by atoms with Gasteiger partial charge in [-0.25, -0.2) is 0 Å². The molecule has 1 N–H and O–H groups in total. The van der Waals surface area contributed by atoms with Crippen molar-refractivity contribution in [3.63, 3.8) is 0 Å². The van der Waals surface area contributed by atoms with Gasteiger partial charge in [0, 0.05) is 19.1 Å². The Hall–Kier alpha value is -1.06. The summed E-state index contributed by atoms with van der Waals surface area (Å²) >= 11 is 0. The lowest BCUT2D eigenvalue weighted by molar-refractivity contribution is 0.203. The van der Waals surface area contributed by atoms with E-state index in [0.717, 1.165) is 31.3 Å². The van der Waals surface area contributed by atoms with E-state index in [1.165, 1.54) is 18.4 Å². The lowest BCUT2D eigenvalue weighted by atomic mass is 9.88. The molecule has 1 saturated heterocycles. The summed E-state index contributed by atoms with van der Waals surface area (Å²) in [6, 6.07) is 9.19. The van der Waals surface area contributed by atoms with Gasteiger partial charge in [0.25, 0.3) is 0 Å². The third kappa shape index (κ3) is 5.01. The van der Waals surface area contributed by atoms with Crippen molar-refractivity contribution in [1.29, 1.82) is 0 Å². The van der Waals surface area contributed by atoms with Crippen LogP contribution in [0.2, 0.25) is 0 Å². The van der Waals surface area contributed by atoms with Gasteiger partial charge < -0.3 is 15.0 Å². The van der Waals surface area contributed by atoms with E-state index in [-0.39, 0.29) is 0 Å². The number of nitrogens with zero attached hydrogens (tertiary/aromatic N) is 1. The van der Waals surface area contributed by atoms with Crippen molar-refractivity contribution in [2.45, 2.75) is 38.6 Å². The minimum Gasteiger partial charge on any atom is -0.497 e. The Morgan fingerprint density at radius 1 is 1.24 bits per heavy atom. The van der Waals surface area contributed by atoms with E-state index in [1.54, 1.807) is 7.11 Å². The number of nitrogens with one attached hydrogen (secondary N) is 1. The Bertz CT molecular complexity index is 416. The second kappa shape index (κ2) is 7.81. The number of benzene rings is 1. The Morgan fingerprint density at radius 3 is 2.57 bits per heavy atom. The third-order valence-electron chi connectivity index (χ3n) is 4.38. The standard InChI is InChI=1S/C18H30N2O/c1-14(2)9-10-19-17-11-16(12-20(3)13-17)15-5-7-18(21-4)8-6-15/h5-8,14,16-17,19H,9-13H2,1-4H3. The maximum absolute atomic E-state index is 5.25. The maximum atomic E-state index is 5.25. The molecule has 0 aromatic heterocycles. The molecule has 1 aromatic rings. The van der Waals surface area contributed by atoms with Crippen LogP contribution in [0.3, 0.4) is 0 Å². The summed E-state index contributed by atoms with van der Waals surface area (Å²) in [5.41, 5.74) is 1.43. The molecule has 2 rings (SSSR count). The summed E-state index contributed by atoms with van der Waals surface area (Å²) in [6.07, 6.45) is 2.49. The van der Waals surface area contributed by atoms with Crippen LogP contribution < -0.4 is 10.1 Å². The van der Waals surface area contributed by atoms with E-state index in [9.17, 15) is 0 Å². The molecule has 0 amide bonds. The number of likely N-dealkylation sites (N-methyl/N-ethyl adjacent to an activating group) is 1. The highest BCUT2D eigenvalue weighted by atomic mass is 16.5. The molecule has 0 radical (unpaired) electrons. The molecule has 118 valence electrons. The zero-order valence-corrected chi connectivity index (χ0v) is 13.9. The Balaban J connectivity index is 1.92. The molecule has 21 heavy (non-hydrogen) atoms. The molecule has 0 bridgehead atoms. The van der Waals surface area contributed by atoms with Crippen LogP contribution in [-0.4, -0.2) is 44.7 Å². The molecular formula is C18H30N2O. The molecular weight excluding hydrogens is 260 g/mol. The zero-order valence-electron chi connectivity index (χ0n) is 13.9. The summed E-state index contributed by atoms with van der Waals surface area (Å²) in [6.45, 7) is 8.01. The van der Waals surface area contributed by atoms with Crippen LogP contribution in [0.5, 0.6) is 5.75 Å². The SMILES string of the molecule is COc1ccc(C2CC(NCCC(C)C)CN(C)C2)cc1. The van der Waals surface area contributed by atoms with Gasteiger partial charge in [-0.3, -0.25) is 0 Å². The van der Waals surface area contributed by atoms with E-state index >= 15 is 0 Å². The van der Waals surface area contributed by atoms with Crippen molar-refractivity contribution >= 4 is 0 Å². The molecule has 1 aromatic carbocycles. The molecule has 1 aliphatic heterocycles. The average Bonchev–Trinajstić information content (AvgIpc) is 2.46. The van der Waals surface area contributed by atoms with Crippen molar-refractivity contribution in [2.75, 3.05) is 33.8 Å². The monoisotopic (exact) mass is 290 g/mol. The molecule has 2 atom stereocenters. The summed E-state index contributed by atoms with van der Waals surface area (Å²) in [7, 11) is 3.95. The van der Waals surface area contributed by atoms with Crippen LogP contribution in [0.4, 0.5) is 0 Å². The fourth-order valence-corrected chi connectivity index (χ4v) is 3.16. The Kier molecular flexibility index (Phi) is 6.07. The summed E-state index contributed by atoms with van der Waals surface area (Å²) in [5.74, 6) is 2.33. The van der Waals surface area contributed by atoms with Gasteiger partial charge in [0.15, 0.2) is 0 Å². The number of ether oxygens (including phenoxy) is 1. The predicted molar refractivity (Wildman–Crippen MR) is 89.1 cm³/mol. The number of methoxy groups -OCH3 is 1. The number of rotatable bonds is 6. The number of hydrogen-bond acceptors (Lipinski definition) is 3. The first-order valence-electron chi connectivity index (χ1n) is 8.14. The minimum absolute atomic E-state index is 0.606. The molecule has 1 aliphatic rings.